The van der Waals surface area contributed by atoms with Crippen molar-refractivity contribution >= 4 is 15.9 Å². The zero-order chi connectivity index (χ0) is 18.4. The van der Waals surface area contributed by atoms with Crippen LogP contribution in [0.15, 0.2) is 29.2 Å². The van der Waals surface area contributed by atoms with Gasteiger partial charge in [-0.05, 0) is 37.1 Å². The molecular formula is C19H28N2O4S. The molecule has 1 saturated carbocycles. The molecule has 3 rings (SSSR count). The molecule has 0 bridgehead atoms. The van der Waals surface area contributed by atoms with Crippen LogP contribution in [0.5, 0.6) is 0 Å². The number of carbonyl (C=O) groups excluding carboxylic acids is 1. The summed E-state index contributed by atoms with van der Waals surface area (Å²) in [6, 6.07) is 6.48. The summed E-state index contributed by atoms with van der Waals surface area (Å²) >= 11 is 0. The van der Waals surface area contributed by atoms with E-state index in [0.717, 1.165) is 25.7 Å². The molecule has 0 unspecified atom stereocenters. The van der Waals surface area contributed by atoms with Gasteiger partial charge in [0, 0.05) is 24.7 Å². The quantitative estimate of drug-likeness (QED) is 0.871. The minimum absolute atomic E-state index is 0.120. The molecule has 1 heterocycles. The van der Waals surface area contributed by atoms with Gasteiger partial charge in [0.2, 0.25) is 10.0 Å². The number of nitrogens with zero attached hydrogens (tertiary/aromatic N) is 1. The van der Waals surface area contributed by atoms with E-state index in [0.29, 0.717) is 31.9 Å². The Labute approximate surface area is 156 Å². The van der Waals surface area contributed by atoms with Gasteiger partial charge in [0.1, 0.15) is 0 Å². The van der Waals surface area contributed by atoms with Gasteiger partial charge in [0.25, 0.3) is 5.91 Å². The van der Waals surface area contributed by atoms with Crippen molar-refractivity contribution < 1.29 is 17.9 Å². The number of hydrogen-bond acceptors (Lipinski definition) is 4. The highest BCUT2D eigenvalue weighted by Gasteiger charge is 2.26. The summed E-state index contributed by atoms with van der Waals surface area (Å²) in [6.07, 6.45) is 8.12. The minimum atomic E-state index is -3.52. The van der Waals surface area contributed by atoms with Gasteiger partial charge in [-0.25, -0.2) is 8.42 Å². The predicted molar refractivity (Wildman–Crippen MR) is 99.6 cm³/mol. The highest BCUT2D eigenvalue weighted by molar-refractivity contribution is 7.89. The molecule has 1 N–H and O–H groups in total. The topological polar surface area (TPSA) is 75.7 Å². The molecule has 1 saturated heterocycles. The molecule has 2 aliphatic rings. The highest BCUT2D eigenvalue weighted by atomic mass is 32.2. The van der Waals surface area contributed by atoms with E-state index >= 15 is 0 Å². The fraction of sp³-hybridized carbons (Fsp3) is 0.632. The fourth-order valence-electron chi connectivity index (χ4n) is 3.58. The average molecular weight is 381 g/mol. The first-order chi connectivity index (χ1) is 12.6. The van der Waals surface area contributed by atoms with E-state index in [1.165, 1.54) is 35.7 Å². The number of rotatable bonds is 4. The van der Waals surface area contributed by atoms with Gasteiger partial charge in [-0.1, -0.05) is 32.1 Å². The highest BCUT2D eigenvalue weighted by Crippen LogP contribution is 2.19. The lowest BCUT2D eigenvalue weighted by molar-refractivity contribution is 0.0730. The lowest BCUT2D eigenvalue weighted by atomic mass is 9.96. The second-order valence-corrected chi connectivity index (χ2v) is 8.99. The molecule has 1 aliphatic heterocycles. The van der Waals surface area contributed by atoms with Crippen LogP contribution in [0.3, 0.4) is 0 Å². The fourth-order valence-corrected chi connectivity index (χ4v) is 4.99. The average Bonchev–Trinajstić information content (AvgIpc) is 2.64. The van der Waals surface area contributed by atoms with E-state index in [1.54, 1.807) is 12.1 Å². The van der Waals surface area contributed by atoms with Crippen molar-refractivity contribution in [2.75, 3.05) is 26.3 Å². The van der Waals surface area contributed by atoms with E-state index in [2.05, 4.69) is 5.32 Å². The second kappa shape index (κ2) is 8.97. The van der Waals surface area contributed by atoms with Crippen molar-refractivity contribution in [3.05, 3.63) is 29.8 Å². The first-order valence-electron chi connectivity index (χ1n) is 9.56. The van der Waals surface area contributed by atoms with Crippen LogP contribution in [0.1, 0.15) is 55.3 Å². The van der Waals surface area contributed by atoms with Crippen LogP contribution in [0.4, 0.5) is 0 Å². The predicted octanol–water partition coefficient (Wildman–Crippen LogP) is 2.55. The Kier molecular flexibility index (Phi) is 6.67. The molecule has 1 amide bonds. The number of morpholine rings is 1. The van der Waals surface area contributed by atoms with Gasteiger partial charge >= 0.3 is 0 Å². The molecule has 1 aromatic carbocycles. The molecule has 6 nitrogen and oxygen atoms in total. The summed E-state index contributed by atoms with van der Waals surface area (Å²) in [5.74, 6) is -0.120. The third-order valence-electron chi connectivity index (χ3n) is 5.16. The Morgan fingerprint density at radius 1 is 0.962 bits per heavy atom. The molecule has 1 aliphatic carbocycles. The van der Waals surface area contributed by atoms with Crippen LogP contribution in [-0.4, -0.2) is 51.0 Å². The largest absolute Gasteiger partial charge is 0.379 e. The number of hydrogen-bond donors (Lipinski definition) is 1. The maximum Gasteiger partial charge on any atom is 0.251 e. The summed E-state index contributed by atoms with van der Waals surface area (Å²) in [7, 11) is -3.52. The lowest BCUT2D eigenvalue weighted by Gasteiger charge is -2.26. The van der Waals surface area contributed by atoms with Crippen LogP contribution in [0.2, 0.25) is 0 Å². The van der Waals surface area contributed by atoms with Gasteiger partial charge in [0.05, 0.1) is 18.1 Å². The van der Waals surface area contributed by atoms with Crippen LogP contribution in [-0.2, 0) is 14.8 Å². The van der Waals surface area contributed by atoms with Crippen molar-refractivity contribution in [3.63, 3.8) is 0 Å². The van der Waals surface area contributed by atoms with Crippen LogP contribution in [0, 0.1) is 0 Å². The van der Waals surface area contributed by atoms with E-state index in [1.807, 2.05) is 0 Å². The van der Waals surface area contributed by atoms with Gasteiger partial charge in [-0.2, -0.15) is 4.31 Å². The Morgan fingerprint density at radius 3 is 2.15 bits per heavy atom. The number of sulfonamides is 1. The number of carbonyl (C=O) groups is 1. The Bertz CT molecular complexity index is 689. The summed E-state index contributed by atoms with van der Waals surface area (Å²) in [5, 5.41) is 3.11. The summed E-state index contributed by atoms with van der Waals surface area (Å²) in [5.41, 5.74) is 0.507. The van der Waals surface area contributed by atoms with Gasteiger partial charge in [-0.3, -0.25) is 4.79 Å². The monoisotopic (exact) mass is 380 g/mol. The van der Waals surface area contributed by atoms with Crippen molar-refractivity contribution in [2.24, 2.45) is 0 Å². The number of benzene rings is 1. The molecule has 2 fully saturated rings. The third kappa shape index (κ3) is 4.84. The van der Waals surface area contributed by atoms with Crippen LogP contribution < -0.4 is 5.32 Å². The van der Waals surface area contributed by atoms with Gasteiger partial charge in [-0.15, -0.1) is 0 Å². The second-order valence-electron chi connectivity index (χ2n) is 7.06. The van der Waals surface area contributed by atoms with Crippen LogP contribution in [0.25, 0.3) is 0 Å². The van der Waals surface area contributed by atoms with Crippen molar-refractivity contribution in [1.29, 1.82) is 0 Å². The van der Waals surface area contributed by atoms with E-state index in [4.69, 9.17) is 4.74 Å². The Hall–Kier alpha value is -1.44. The molecule has 7 heteroatoms. The number of amides is 1. The van der Waals surface area contributed by atoms with Crippen molar-refractivity contribution in [3.8, 4) is 0 Å². The molecule has 1 aromatic rings. The van der Waals surface area contributed by atoms with E-state index in [-0.39, 0.29) is 16.8 Å². The van der Waals surface area contributed by atoms with E-state index in [9.17, 15) is 13.2 Å². The number of nitrogens with one attached hydrogen (secondary N) is 1. The molecule has 0 aromatic heterocycles. The van der Waals surface area contributed by atoms with Crippen LogP contribution >= 0.6 is 0 Å². The standard InChI is InChI=1S/C19H28N2O4S/c22-19(20-17-6-4-2-1-3-5-7-17)16-8-10-18(11-9-16)26(23,24)21-12-14-25-15-13-21/h8-11,17H,1-7,12-15H2,(H,20,22). The zero-order valence-electron chi connectivity index (χ0n) is 15.2. The van der Waals surface area contributed by atoms with Crippen molar-refractivity contribution in [2.45, 2.75) is 55.9 Å². The molecule has 26 heavy (non-hydrogen) atoms. The minimum Gasteiger partial charge on any atom is -0.379 e. The molecule has 0 radical (unpaired) electrons. The third-order valence-corrected chi connectivity index (χ3v) is 7.08. The summed E-state index contributed by atoms with van der Waals surface area (Å²) in [4.78, 5) is 12.7. The van der Waals surface area contributed by atoms with E-state index < -0.39 is 10.0 Å². The Morgan fingerprint density at radius 2 is 1.54 bits per heavy atom. The number of ether oxygens (including phenoxy) is 1. The maximum atomic E-state index is 12.6. The van der Waals surface area contributed by atoms with Crippen molar-refractivity contribution in [1.82, 2.24) is 9.62 Å². The zero-order valence-corrected chi connectivity index (χ0v) is 16.0. The lowest BCUT2D eigenvalue weighted by Crippen LogP contribution is -2.40. The first kappa shape index (κ1) is 19.3. The maximum absolute atomic E-state index is 12.6. The van der Waals surface area contributed by atoms with Gasteiger partial charge < -0.3 is 10.1 Å². The smallest absolute Gasteiger partial charge is 0.251 e. The first-order valence-corrected chi connectivity index (χ1v) is 11.0. The molecular weight excluding hydrogens is 352 g/mol. The summed E-state index contributed by atoms with van der Waals surface area (Å²) in [6.45, 7) is 1.57. The Balaban J connectivity index is 1.63. The normalized spacial score (nSPS) is 20.9. The summed E-state index contributed by atoms with van der Waals surface area (Å²) < 4.78 is 31.9. The molecule has 144 valence electrons. The SMILES string of the molecule is O=C(NC1CCCCCCC1)c1ccc(S(=O)(=O)N2CCOCC2)cc1. The van der Waals surface area contributed by atoms with Gasteiger partial charge in [0.15, 0.2) is 0 Å². The molecule has 0 spiro atoms. The molecule has 0 atom stereocenters.